The molecule has 59 heavy (non-hydrogen) atoms. The number of alkyl halides is 2. The Morgan fingerprint density at radius 1 is 1.10 bits per heavy atom. The molecule has 316 valence electrons. The molecule has 4 aliphatic rings. The van der Waals surface area contributed by atoms with Crippen molar-refractivity contribution in [2.24, 2.45) is 17.3 Å². The Bertz CT molecular complexity index is 2270. The van der Waals surface area contributed by atoms with Crippen LogP contribution in [0.4, 0.5) is 8.78 Å². The average Bonchev–Trinajstić information content (AvgIpc) is 4.12. The summed E-state index contributed by atoms with van der Waals surface area (Å²) in [6.45, 7) is 8.36. The summed E-state index contributed by atoms with van der Waals surface area (Å²) in [6, 6.07) is 11.2. The van der Waals surface area contributed by atoms with E-state index in [1.54, 1.807) is 63.4 Å². The van der Waals surface area contributed by atoms with Crippen LogP contribution in [0.5, 0.6) is 11.5 Å². The zero-order chi connectivity index (χ0) is 42.5. The number of nitrogens with one attached hydrogen (secondary N) is 2. The number of hydrogen-bond donors (Lipinski definition) is 2. The molecule has 2 unspecified atom stereocenters. The predicted molar refractivity (Wildman–Crippen MR) is 214 cm³/mol. The predicted octanol–water partition coefficient (Wildman–Crippen LogP) is 4.63. The molecule has 0 spiro atoms. The number of carbonyl (C=O) groups excluding carboxylic acids is 4. The molecule has 3 aromatic rings. The molecular formula is C42H50F2N6O8S. The fraction of sp³-hybridized carbons (Fsp3) is 0.524. The second kappa shape index (κ2) is 15.8. The van der Waals surface area contributed by atoms with Crippen molar-refractivity contribution in [3.63, 3.8) is 0 Å². The fourth-order valence-corrected chi connectivity index (χ4v) is 9.43. The van der Waals surface area contributed by atoms with Crippen LogP contribution in [0.1, 0.15) is 65.7 Å². The molecule has 5 atom stereocenters. The van der Waals surface area contributed by atoms with Crippen LogP contribution < -0.4 is 19.5 Å². The van der Waals surface area contributed by atoms with E-state index in [2.05, 4.69) is 21.6 Å². The van der Waals surface area contributed by atoms with Gasteiger partial charge in [-0.15, -0.1) is 6.58 Å². The molecule has 4 fully saturated rings. The van der Waals surface area contributed by atoms with E-state index in [0.29, 0.717) is 46.6 Å². The number of benzene rings is 1. The molecule has 2 N–H and O–H groups in total. The number of amides is 4. The van der Waals surface area contributed by atoms with Crippen LogP contribution in [-0.4, -0.2) is 107 Å². The highest BCUT2D eigenvalue weighted by Gasteiger charge is 2.62. The molecule has 2 aromatic heterocycles. The number of aromatic nitrogens is 2. The van der Waals surface area contributed by atoms with Crippen molar-refractivity contribution in [2.75, 3.05) is 26.7 Å². The van der Waals surface area contributed by atoms with Gasteiger partial charge in [0.1, 0.15) is 29.2 Å². The lowest BCUT2D eigenvalue weighted by Gasteiger charge is -2.37. The Morgan fingerprint density at radius 2 is 1.86 bits per heavy atom. The maximum absolute atomic E-state index is 14.8. The molecule has 2 saturated carbocycles. The van der Waals surface area contributed by atoms with Crippen molar-refractivity contribution in [3.05, 3.63) is 61.3 Å². The SMILES string of the molecule is C=CC1C[C@]1(NC(=O)[C@@H]1C[C@@H](Oc2cc(-c3ccccn3)nc3cc(OC)ccc23)CN1C(=O)C(CC(=O)N1CCCC(F)(F)C1)C(C)(C)C)C(=O)NS(=O)(=O)C1CC1. The number of halogens is 2. The van der Waals surface area contributed by atoms with Crippen molar-refractivity contribution < 1.29 is 45.9 Å². The number of ether oxygens (including phenoxy) is 2. The molecule has 1 aromatic carbocycles. The third-order valence-corrected chi connectivity index (χ3v) is 13.6. The van der Waals surface area contributed by atoms with E-state index in [1.807, 2.05) is 6.07 Å². The van der Waals surface area contributed by atoms with Crippen molar-refractivity contribution in [2.45, 2.75) is 94.6 Å². The number of methoxy groups -OCH3 is 1. The van der Waals surface area contributed by atoms with Gasteiger partial charge >= 0.3 is 0 Å². The fourth-order valence-electron chi connectivity index (χ4n) is 8.07. The van der Waals surface area contributed by atoms with Crippen LogP contribution in [-0.2, 0) is 29.2 Å². The van der Waals surface area contributed by atoms with Gasteiger partial charge in [0.2, 0.25) is 27.7 Å². The topological polar surface area (TPSA) is 177 Å². The molecule has 4 heterocycles. The number of pyridine rings is 2. The minimum absolute atomic E-state index is 0.0452. The second-order valence-electron chi connectivity index (χ2n) is 17.2. The first-order valence-electron chi connectivity index (χ1n) is 19.9. The van der Waals surface area contributed by atoms with E-state index >= 15 is 0 Å². The maximum Gasteiger partial charge on any atom is 0.265 e. The lowest BCUT2D eigenvalue weighted by Crippen LogP contribution is -2.57. The molecule has 4 amide bonds. The van der Waals surface area contributed by atoms with Crippen molar-refractivity contribution in [1.29, 1.82) is 0 Å². The van der Waals surface area contributed by atoms with E-state index in [1.165, 1.54) is 18.1 Å². The van der Waals surface area contributed by atoms with E-state index in [-0.39, 0.29) is 45.2 Å². The number of fused-ring (bicyclic) bond motifs is 1. The molecular weight excluding hydrogens is 787 g/mol. The van der Waals surface area contributed by atoms with Crippen LogP contribution >= 0.6 is 0 Å². The Labute approximate surface area is 342 Å². The molecule has 0 bridgehead atoms. The van der Waals surface area contributed by atoms with Crippen molar-refractivity contribution in [3.8, 4) is 22.9 Å². The quantitative estimate of drug-likeness (QED) is 0.231. The normalized spacial score (nSPS) is 24.5. The van der Waals surface area contributed by atoms with Gasteiger partial charge in [0, 0.05) is 55.4 Å². The van der Waals surface area contributed by atoms with Gasteiger partial charge in [-0.25, -0.2) is 22.2 Å². The standard InChI is InChI=1S/C42H50F2N6O8S/c1-6-25-22-42(25,39(54)48-59(55,56)28-12-13-28)47-37(52)34-19-27(23-50(34)38(53)30(40(2,3)4)20-36(51)49-17-9-15-41(43,44)24-49)58-35-21-33(31-10-7-8-16-45-31)46-32-18-26(57-5)11-14-29(32)35/h6-8,10-11,14,16,18,21,25,27-28,30,34H,1,9,12-13,15,17,19-20,22-24H2,2-5H3,(H,47,52)(H,48,54)/t25?,27-,30?,34+,42-/m1/s1. The summed E-state index contributed by atoms with van der Waals surface area (Å²) in [7, 11) is -2.42. The van der Waals surface area contributed by atoms with Gasteiger partial charge in [-0.05, 0) is 55.4 Å². The number of sulfonamides is 1. The second-order valence-corrected chi connectivity index (χ2v) is 19.1. The summed E-state index contributed by atoms with van der Waals surface area (Å²) in [4.78, 5) is 68.2. The van der Waals surface area contributed by atoms with Crippen molar-refractivity contribution in [1.82, 2.24) is 29.8 Å². The summed E-state index contributed by atoms with van der Waals surface area (Å²) >= 11 is 0. The van der Waals surface area contributed by atoms with Crippen LogP contribution in [0, 0.1) is 17.3 Å². The first kappa shape index (κ1) is 42.0. The lowest BCUT2D eigenvalue weighted by molar-refractivity contribution is -0.151. The first-order valence-corrected chi connectivity index (χ1v) is 21.4. The Balaban J connectivity index is 1.21. The minimum Gasteiger partial charge on any atom is -0.497 e. The van der Waals surface area contributed by atoms with Gasteiger partial charge in [0.25, 0.3) is 11.8 Å². The summed E-state index contributed by atoms with van der Waals surface area (Å²) in [6.07, 6.45) is 2.64. The molecule has 17 heteroatoms. The van der Waals surface area contributed by atoms with Crippen LogP contribution in [0.3, 0.4) is 0 Å². The highest BCUT2D eigenvalue weighted by Crippen LogP contribution is 2.46. The van der Waals surface area contributed by atoms with Gasteiger partial charge in [0.15, 0.2) is 0 Å². The zero-order valence-corrected chi connectivity index (χ0v) is 34.4. The van der Waals surface area contributed by atoms with E-state index in [4.69, 9.17) is 14.5 Å². The minimum atomic E-state index is -3.96. The number of piperidine rings is 1. The summed E-state index contributed by atoms with van der Waals surface area (Å²) in [5, 5.41) is 2.72. The average molecular weight is 837 g/mol. The zero-order valence-electron chi connectivity index (χ0n) is 33.6. The summed E-state index contributed by atoms with van der Waals surface area (Å²) in [5.41, 5.74) is -0.873. The van der Waals surface area contributed by atoms with E-state index in [0.717, 1.165) is 4.90 Å². The molecule has 2 aliphatic heterocycles. The van der Waals surface area contributed by atoms with Gasteiger partial charge in [0.05, 0.1) is 48.3 Å². The number of nitrogens with zero attached hydrogens (tertiary/aromatic N) is 4. The van der Waals surface area contributed by atoms with Gasteiger partial charge in [-0.1, -0.05) is 32.9 Å². The van der Waals surface area contributed by atoms with Gasteiger partial charge in [-0.3, -0.25) is 28.9 Å². The first-order chi connectivity index (χ1) is 27.8. The molecule has 2 saturated heterocycles. The Morgan fingerprint density at radius 3 is 2.49 bits per heavy atom. The summed E-state index contributed by atoms with van der Waals surface area (Å²) < 4.78 is 68.6. The molecule has 14 nitrogen and oxygen atoms in total. The largest absolute Gasteiger partial charge is 0.497 e. The van der Waals surface area contributed by atoms with Crippen LogP contribution in [0.15, 0.2) is 61.3 Å². The highest BCUT2D eigenvalue weighted by atomic mass is 32.2. The van der Waals surface area contributed by atoms with Crippen LogP contribution in [0.25, 0.3) is 22.3 Å². The summed E-state index contributed by atoms with van der Waals surface area (Å²) in [5.74, 6) is -6.47. The van der Waals surface area contributed by atoms with Crippen molar-refractivity contribution >= 4 is 44.6 Å². The van der Waals surface area contributed by atoms with Crippen LogP contribution in [0.2, 0.25) is 0 Å². The molecule has 7 rings (SSSR count). The lowest BCUT2D eigenvalue weighted by atomic mass is 9.77. The third kappa shape index (κ3) is 8.89. The van der Waals surface area contributed by atoms with Gasteiger partial charge < -0.3 is 24.6 Å². The number of rotatable bonds is 13. The smallest absolute Gasteiger partial charge is 0.265 e. The monoisotopic (exact) mass is 836 g/mol. The molecule has 0 radical (unpaired) electrons. The number of likely N-dealkylation sites (tertiary alicyclic amines) is 2. The van der Waals surface area contributed by atoms with E-state index in [9.17, 15) is 36.4 Å². The maximum atomic E-state index is 14.8. The number of carbonyl (C=O) groups is 4. The Hall–Kier alpha value is -5.19. The highest BCUT2D eigenvalue weighted by molar-refractivity contribution is 7.91. The third-order valence-electron chi connectivity index (χ3n) is 11.8. The number of hydrogen-bond acceptors (Lipinski definition) is 10. The van der Waals surface area contributed by atoms with Gasteiger partial charge in [-0.2, -0.15) is 0 Å². The van der Waals surface area contributed by atoms with E-state index < -0.39 is 86.3 Å². The molecule has 2 aliphatic carbocycles. The Kier molecular flexibility index (Phi) is 11.2.